The van der Waals surface area contributed by atoms with Crippen molar-refractivity contribution in [1.29, 1.82) is 0 Å². The maximum Gasteiger partial charge on any atom is 0.230 e. The molecule has 0 atom stereocenters. The highest BCUT2D eigenvalue weighted by molar-refractivity contribution is 8.00. The third-order valence-corrected chi connectivity index (χ3v) is 6.16. The predicted molar refractivity (Wildman–Crippen MR) is 117 cm³/mol. The first-order chi connectivity index (χ1) is 14.6. The highest BCUT2D eigenvalue weighted by Gasteiger charge is 2.18. The number of ether oxygens (including phenoxy) is 2. The molecule has 5 nitrogen and oxygen atoms in total. The van der Waals surface area contributed by atoms with Crippen molar-refractivity contribution in [2.75, 3.05) is 39.2 Å². The van der Waals surface area contributed by atoms with Crippen LogP contribution in [0.25, 0.3) is 0 Å². The van der Waals surface area contributed by atoms with Crippen molar-refractivity contribution in [3.8, 4) is 5.75 Å². The fraction of sp³-hybridized carbons (Fsp3) is 0.435. The lowest BCUT2D eigenvalue weighted by atomic mass is 10.1. The number of carbonyl (C=O) groups excluding carboxylic acids is 1. The number of halogens is 1. The number of thioether (sulfide) groups is 1. The molecule has 162 valence electrons. The monoisotopic (exact) mass is 432 g/mol. The number of likely N-dealkylation sites (N-methyl/N-ethyl adjacent to an activating group) is 1. The number of nitrogens with one attached hydrogen (secondary N) is 1. The van der Waals surface area contributed by atoms with E-state index >= 15 is 0 Å². The van der Waals surface area contributed by atoms with E-state index in [4.69, 9.17) is 9.47 Å². The van der Waals surface area contributed by atoms with Gasteiger partial charge in [-0.2, -0.15) is 0 Å². The fourth-order valence-corrected chi connectivity index (χ4v) is 4.09. The number of carbonyl (C=O) groups is 1. The van der Waals surface area contributed by atoms with Crippen LogP contribution >= 0.6 is 11.8 Å². The van der Waals surface area contributed by atoms with Crippen LogP contribution in [0.4, 0.5) is 4.39 Å². The van der Waals surface area contributed by atoms with E-state index in [0.29, 0.717) is 24.1 Å². The highest BCUT2D eigenvalue weighted by atomic mass is 32.2. The molecular formula is C23H29FN2O3S. The third-order valence-electron chi connectivity index (χ3n) is 5.11. The van der Waals surface area contributed by atoms with Crippen molar-refractivity contribution in [3.05, 3.63) is 59.9 Å². The molecule has 30 heavy (non-hydrogen) atoms. The zero-order chi connectivity index (χ0) is 21.2. The first kappa shape index (κ1) is 22.6. The second-order valence-corrected chi connectivity index (χ2v) is 8.33. The molecule has 0 aromatic heterocycles. The van der Waals surface area contributed by atoms with Crippen LogP contribution in [0.5, 0.6) is 5.75 Å². The summed E-state index contributed by atoms with van der Waals surface area (Å²) in [5, 5.41) is 2.88. The van der Waals surface area contributed by atoms with Crippen molar-refractivity contribution in [2.24, 2.45) is 0 Å². The number of benzene rings is 2. The summed E-state index contributed by atoms with van der Waals surface area (Å²) in [5.74, 6) is 0.536. The number of rotatable bonds is 10. The SMILES string of the molecule is CN(CCOc1cccc(CNC(=O)CSc2ccccc2F)c1)C1CCOCC1. The van der Waals surface area contributed by atoms with Gasteiger partial charge >= 0.3 is 0 Å². The molecule has 2 aromatic rings. The number of amides is 1. The Bertz CT molecular complexity index is 815. The third kappa shape index (κ3) is 7.31. The summed E-state index contributed by atoms with van der Waals surface area (Å²) < 4.78 is 24.9. The Hall–Kier alpha value is -2.09. The van der Waals surface area contributed by atoms with Gasteiger partial charge in [0.05, 0.1) is 5.75 Å². The van der Waals surface area contributed by atoms with Crippen molar-refractivity contribution in [2.45, 2.75) is 30.3 Å². The molecule has 0 bridgehead atoms. The Balaban J connectivity index is 1.38. The quantitative estimate of drug-likeness (QED) is 0.580. The molecule has 1 heterocycles. The van der Waals surface area contributed by atoms with Gasteiger partial charge in [0.1, 0.15) is 18.2 Å². The molecule has 0 aliphatic carbocycles. The number of nitrogens with zero attached hydrogens (tertiary/aromatic N) is 1. The van der Waals surface area contributed by atoms with Crippen LogP contribution < -0.4 is 10.1 Å². The molecule has 7 heteroatoms. The summed E-state index contributed by atoms with van der Waals surface area (Å²) in [4.78, 5) is 14.9. The van der Waals surface area contributed by atoms with Crippen LogP contribution in [0, 0.1) is 5.82 Å². The van der Waals surface area contributed by atoms with E-state index in [9.17, 15) is 9.18 Å². The van der Waals surface area contributed by atoms with Crippen LogP contribution in [0.1, 0.15) is 18.4 Å². The van der Waals surface area contributed by atoms with E-state index in [-0.39, 0.29) is 17.5 Å². The lowest BCUT2D eigenvalue weighted by Gasteiger charge is -2.31. The minimum Gasteiger partial charge on any atom is -0.492 e. The van der Waals surface area contributed by atoms with Gasteiger partial charge in [0, 0.05) is 37.2 Å². The first-order valence-electron chi connectivity index (χ1n) is 10.3. The first-order valence-corrected chi connectivity index (χ1v) is 11.2. The van der Waals surface area contributed by atoms with Crippen LogP contribution in [0.15, 0.2) is 53.4 Å². The lowest BCUT2D eigenvalue weighted by Crippen LogP contribution is -2.38. The van der Waals surface area contributed by atoms with Crippen molar-refractivity contribution in [1.82, 2.24) is 10.2 Å². The van der Waals surface area contributed by atoms with Crippen molar-refractivity contribution >= 4 is 17.7 Å². The van der Waals surface area contributed by atoms with E-state index in [0.717, 1.165) is 43.9 Å². The molecular weight excluding hydrogens is 403 g/mol. The molecule has 0 unspecified atom stereocenters. The van der Waals surface area contributed by atoms with Crippen LogP contribution in [0.2, 0.25) is 0 Å². The highest BCUT2D eigenvalue weighted by Crippen LogP contribution is 2.21. The molecule has 3 rings (SSSR count). The summed E-state index contributed by atoms with van der Waals surface area (Å²) in [6.45, 7) is 3.56. The summed E-state index contributed by atoms with van der Waals surface area (Å²) >= 11 is 1.19. The molecule has 1 aliphatic rings. The average molecular weight is 433 g/mol. The van der Waals surface area contributed by atoms with Gasteiger partial charge in [0.25, 0.3) is 0 Å². The average Bonchev–Trinajstić information content (AvgIpc) is 2.78. The van der Waals surface area contributed by atoms with Crippen LogP contribution in [0.3, 0.4) is 0 Å². The summed E-state index contributed by atoms with van der Waals surface area (Å²) in [5.41, 5.74) is 0.967. The second-order valence-electron chi connectivity index (χ2n) is 7.32. The van der Waals surface area contributed by atoms with Crippen LogP contribution in [-0.4, -0.2) is 56.0 Å². The normalized spacial score (nSPS) is 14.6. The standard InChI is InChI=1S/C23H29FN2O3S/c1-26(19-9-12-28-13-10-19)11-14-29-20-6-4-5-18(15-20)16-25-23(27)17-30-22-8-3-2-7-21(22)24/h2-8,15,19H,9-14,16-17H2,1H3,(H,25,27). The minimum atomic E-state index is -0.303. The second kappa shape index (κ2) is 11.9. The van der Waals surface area contributed by atoms with E-state index in [2.05, 4.69) is 17.3 Å². The lowest BCUT2D eigenvalue weighted by molar-refractivity contribution is -0.118. The van der Waals surface area contributed by atoms with Gasteiger partial charge in [-0.25, -0.2) is 4.39 Å². The van der Waals surface area contributed by atoms with Crippen molar-refractivity contribution in [3.63, 3.8) is 0 Å². The molecule has 2 aromatic carbocycles. The maximum absolute atomic E-state index is 13.6. The van der Waals surface area contributed by atoms with Gasteiger partial charge in [-0.1, -0.05) is 24.3 Å². The number of hydrogen-bond donors (Lipinski definition) is 1. The van der Waals surface area contributed by atoms with Crippen LogP contribution in [-0.2, 0) is 16.1 Å². The Kier molecular flexibility index (Phi) is 8.99. The topological polar surface area (TPSA) is 50.8 Å². The van der Waals surface area contributed by atoms with Gasteiger partial charge in [0.15, 0.2) is 0 Å². The molecule has 1 fully saturated rings. The molecule has 0 radical (unpaired) electrons. The summed E-state index contributed by atoms with van der Waals surface area (Å²) in [7, 11) is 2.13. The maximum atomic E-state index is 13.6. The molecule has 0 saturated carbocycles. The molecule has 1 saturated heterocycles. The molecule has 1 amide bonds. The fourth-order valence-electron chi connectivity index (χ4n) is 3.32. The minimum absolute atomic E-state index is 0.132. The van der Waals surface area contributed by atoms with Crippen molar-refractivity contribution < 1.29 is 18.7 Å². The van der Waals surface area contributed by atoms with Gasteiger partial charge in [0.2, 0.25) is 5.91 Å². The van der Waals surface area contributed by atoms with Gasteiger partial charge in [-0.15, -0.1) is 11.8 Å². The number of hydrogen-bond acceptors (Lipinski definition) is 5. The largest absolute Gasteiger partial charge is 0.492 e. The van der Waals surface area contributed by atoms with E-state index < -0.39 is 0 Å². The van der Waals surface area contributed by atoms with E-state index in [1.807, 2.05) is 24.3 Å². The Morgan fingerprint density at radius 1 is 1.23 bits per heavy atom. The zero-order valence-corrected chi connectivity index (χ0v) is 18.1. The smallest absolute Gasteiger partial charge is 0.230 e. The van der Waals surface area contributed by atoms with Gasteiger partial charge < -0.3 is 14.8 Å². The Morgan fingerprint density at radius 3 is 2.83 bits per heavy atom. The molecule has 1 N–H and O–H groups in total. The zero-order valence-electron chi connectivity index (χ0n) is 17.3. The molecule has 0 spiro atoms. The Morgan fingerprint density at radius 2 is 2.03 bits per heavy atom. The van der Waals surface area contributed by atoms with E-state index in [1.165, 1.54) is 17.8 Å². The predicted octanol–water partition coefficient (Wildman–Crippen LogP) is 3.72. The van der Waals surface area contributed by atoms with Gasteiger partial charge in [-0.05, 0) is 49.7 Å². The summed E-state index contributed by atoms with van der Waals surface area (Å²) in [6, 6.07) is 14.8. The molecule has 1 aliphatic heterocycles. The summed E-state index contributed by atoms with van der Waals surface area (Å²) in [6.07, 6.45) is 2.14. The van der Waals surface area contributed by atoms with E-state index in [1.54, 1.807) is 18.2 Å². The Labute approximate surface area is 181 Å². The van der Waals surface area contributed by atoms with Gasteiger partial charge in [-0.3, -0.25) is 9.69 Å².